The number of hydrogen-bond donors (Lipinski definition) is 1. The molecular formula is C23H24N4O3. The van der Waals surface area contributed by atoms with Gasteiger partial charge in [-0.3, -0.25) is 14.4 Å². The SMILES string of the molecule is Cc1cccc(N2N=C(C(=O)Nc3cccc(CN4CCCC4=O)c3)CCC2=O)c1. The normalized spacial score (nSPS) is 16.6. The molecule has 7 heteroatoms. The number of nitrogens with zero attached hydrogens (tertiary/aromatic N) is 3. The first-order valence-corrected chi connectivity index (χ1v) is 10.1. The molecule has 0 unspecified atom stereocenters. The Kier molecular flexibility index (Phi) is 5.61. The lowest BCUT2D eigenvalue weighted by Crippen LogP contribution is -2.36. The van der Waals surface area contributed by atoms with Gasteiger partial charge in [0, 0.05) is 38.0 Å². The standard InChI is InChI=1S/C23H24N4O3/c1-16-5-2-8-19(13-16)27-22(29)11-10-20(25-27)23(30)24-18-7-3-6-17(14-18)15-26-12-4-9-21(26)28/h2-3,5-8,13-14H,4,9-12,15H2,1H3,(H,24,30). The number of amides is 3. The van der Waals surface area contributed by atoms with Gasteiger partial charge < -0.3 is 10.2 Å². The van der Waals surface area contributed by atoms with Crippen molar-refractivity contribution in [1.29, 1.82) is 0 Å². The van der Waals surface area contributed by atoms with Gasteiger partial charge in [-0.1, -0.05) is 24.3 Å². The van der Waals surface area contributed by atoms with Gasteiger partial charge in [-0.2, -0.15) is 5.10 Å². The Morgan fingerprint density at radius 2 is 1.87 bits per heavy atom. The van der Waals surface area contributed by atoms with E-state index in [0.717, 1.165) is 24.1 Å². The maximum atomic E-state index is 12.8. The Hall–Kier alpha value is -3.48. The maximum absolute atomic E-state index is 12.8. The Bertz CT molecular complexity index is 1030. The molecule has 3 amide bonds. The second-order valence-corrected chi connectivity index (χ2v) is 7.66. The third-order valence-corrected chi connectivity index (χ3v) is 5.27. The van der Waals surface area contributed by atoms with Crippen LogP contribution in [0.15, 0.2) is 53.6 Å². The van der Waals surface area contributed by atoms with Crippen molar-refractivity contribution in [3.8, 4) is 0 Å². The summed E-state index contributed by atoms with van der Waals surface area (Å²) in [5.74, 6) is -0.286. The van der Waals surface area contributed by atoms with Gasteiger partial charge in [0.1, 0.15) is 5.71 Å². The van der Waals surface area contributed by atoms with Crippen molar-refractivity contribution >= 4 is 34.8 Å². The predicted octanol–water partition coefficient (Wildman–Crippen LogP) is 3.24. The summed E-state index contributed by atoms with van der Waals surface area (Å²) in [6, 6.07) is 14.9. The number of rotatable bonds is 5. The van der Waals surface area contributed by atoms with Gasteiger partial charge in [0.05, 0.1) is 5.69 Å². The summed E-state index contributed by atoms with van der Waals surface area (Å²) in [5.41, 5.74) is 3.59. The van der Waals surface area contributed by atoms with Gasteiger partial charge in [-0.15, -0.1) is 0 Å². The van der Waals surface area contributed by atoms with Crippen molar-refractivity contribution in [1.82, 2.24) is 4.90 Å². The Labute approximate surface area is 175 Å². The van der Waals surface area contributed by atoms with E-state index in [1.165, 1.54) is 5.01 Å². The molecule has 4 rings (SSSR count). The lowest BCUT2D eigenvalue weighted by Gasteiger charge is -2.23. The average molecular weight is 404 g/mol. The molecular weight excluding hydrogens is 380 g/mol. The molecule has 154 valence electrons. The predicted molar refractivity (Wildman–Crippen MR) is 115 cm³/mol. The summed E-state index contributed by atoms with van der Waals surface area (Å²) in [7, 11) is 0. The summed E-state index contributed by atoms with van der Waals surface area (Å²) in [5, 5.41) is 8.50. The molecule has 0 radical (unpaired) electrons. The molecule has 1 N–H and O–H groups in total. The quantitative estimate of drug-likeness (QED) is 0.831. The maximum Gasteiger partial charge on any atom is 0.271 e. The zero-order chi connectivity index (χ0) is 21.1. The summed E-state index contributed by atoms with van der Waals surface area (Å²) in [4.78, 5) is 38.8. The van der Waals surface area contributed by atoms with Gasteiger partial charge in [-0.05, 0) is 48.7 Å². The van der Waals surface area contributed by atoms with E-state index in [1.54, 1.807) is 12.1 Å². The van der Waals surface area contributed by atoms with E-state index in [0.29, 0.717) is 36.5 Å². The minimum absolute atomic E-state index is 0.130. The first-order chi connectivity index (χ1) is 14.5. The fraction of sp³-hybridized carbons (Fsp3) is 0.304. The Morgan fingerprint density at radius 3 is 2.63 bits per heavy atom. The van der Waals surface area contributed by atoms with Gasteiger partial charge in [0.2, 0.25) is 11.8 Å². The van der Waals surface area contributed by atoms with Gasteiger partial charge in [-0.25, -0.2) is 5.01 Å². The first kappa shape index (κ1) is 19.8. The monoisotopic (exact) mass is 404 g/mol. The summed E-state index contributed by atoms with van der Waals surface area (Å²) in [6.07, 6.45) is 2.03. The lowest BCUT2D eigenvalue weighted by molar-refractivity contribution is -0.128. The van der Waals surface area contributed by atoms with Crippen LogP contribution in [-0.2, 0) is 20.9 Å². The third kappa shape index (κ3) is 4.40. The van der Waals surface area contributed by atoms with E-state index in [9.17, 15) is 14.4 Å². The molecule has 0 saturated carbocycles. The van der Waals surface area contributed by atoms with Crippen LogP contribution in [0.2, 0.25) is 0 Å². The highest BCUT2D eigenvalue weighted by Gasteiger charge is 2.26. The van der Waals surface area contributed by atoms with Crippen molar-refractivity contribution in [3.05, 3.63) is 59.7 Å². The number of carbonyl (C=O) groups excluding carboxylic acids is 3. The molecule has 30 heavy (non-hydrogen) atoms. The summed E-state index contributed by atoms with van der Waals surface area (Å²) < 4.78 is 0. The van der Waals surface area contributed by atoms with E-state index in [2.05, 4.69) is 10.4 Å². The number of nitrogens with one attached hydrogen (secondary N) is 1. The highest BCUT2D eigenvalue weighted by atomic mass is 16.2. The van der Waals surface area contributed by atoms with Crippen molar-refractivity contribution in [2.45, 2.75) is 39.2 Å². The molecule has 2 aliphatic rings. The molecule has 2 aromatic rings. The van der Waals surface area contributed by atoms with Crippen LogP contribution in [0.1, 0.15) is 36.8 Å². The minimum atomic E-state index is -0.324. The fourth-order valence-electron chi connectivity index (χ4n) is 3.72. The number of likely N-dealkylation sites (tertiary alicyclic amines) is 1. The number of aryl methyl sites for hydroxylation is 1. The lowest BCUT2D eigenvalue weighted by atomic mass is 10.1. The molecule has 0 aromatic heterocycles. The van der Waals surface area contributed by atoms with Crippen LogP contribution >= 0.6 is 0 Å². The zero-order valence-corrected chi connectivity index (χ0v) is 16.9. The Morgan fingerprint density at radius 1 is 1.03 bits per heavy atom. The van der Waals surface area contributed by atoms with E-state index >= 15 is 0 Å². The van der Waals surface area contributed by atoms with Gasteiger partial charge in [0.15, 0.2) is 0 Å². The summed E-state index contributed by atoms with van der Waals surface area (Å²) in [6.45, 7) is 3.26. The fourth-order valence-corrected chi connectivity index (χ4v) is 3.72. The smallest absolute Gasteiger partial charge is 0.271 e. The van der Waals surface area contributed by atoms with Gasteiger partial charge >= 0.3 is 0 Å². The zero-order valence-electron chi connectivity index (χ0n) is 16.9. The van der Waals surface area contributed by atoms with E-state index in [4.69, 9.17) is 0 Å². The molecule has 2 aliphatic heterocycles. The van der Waals surface area contributed by atoms with Crippen LogP contribution in [-0.4, -0.2) is 34.9 Å². The highest BCUT2D eigenvalue weighted by molar-refractivity contribution is 6.44. The molecule has 2 aromatic carbocycles. The number of carbonyl (C=O) groups is 3. The van der Waals surface area contributed by atoms with Crippen molar-refractivity contribution in [3.63, 3.8) is 0 Å². The largest absolute Gasteiger partial charge is 0.338 e. The van der Waals surface area contributed by atoms with Crippen LogP contribution in [0, 0.1) is 6.92 Å². The second-order valence-electron chi connectivity index (χ2n) is 7.66. The van der Waals surface area contributed by atoms with Crippen LogP contribution in [0.25, 0.3) is 0 Å². The number of hydrogen-bond acceptors (Lipinski definition) is 4. The van der Waals surface area contributed by atoms with Crippen molar-refractivity contribution in [2.75, 3.05) is 16.9 Å². The molecule has 0 bridgehead atoms. The van der Waals surface area contributed by atoms with Crippen LogP contribution in [0.5, 0.6) is 0 Å². The summed E-state index contributed by atoms with van der Waals surface area (Å²) >= 11 is 0. The van der Waals surface area contributed by atoms with E-state index in [1.807, 2.05) is 48.2 Å². The molecule has 0 atom stereocenters. The minimum Gasteiger partial charge on any atom is -0.338 e. The van der Waals surface area contributed by atoms with Crippen LogP contribution in [0.4, 0.5) is 11.4 Å². The molecule has 7 nitrogen and oxygen atoms in total. The van der Waals surface area contributed by atoms with Crippen molar-refractivity contribution < 1.29 is 14.4 Å². The van der Waals surface area contributed by atoms with Gasteiger partial charge in [0.25, 0.3) is 5.91 Å². The number of hydrazone groups is 1. The molecule has 2 heterocycles. The van der Waals surface area contributed by atoms with Crippen LogP contribution in [0.3, 0.4) is 0 Å². The molecule has 1 fully saturated rings. The second kappa shape index (κ2) is 8.49. The topological polar surface area (TPSA) is 82.1 Å². The molecule has 1 saturated heterocycles. The van der Waals surface area contributed by atoms with E-state index in [-0.39, 0.29) is 24.1 Å². The highest BCUT2D eigenvalue weighted by Crippen LogP contribution is 2.22. The molecule has 0 aliphatic carbocycles. The number of anilines is 2. The first-order valence-electron chi connectivity index (χ1n) is 10.1. The molecule has 0 spiro atoms. The average Bonchev–Trinajstić information content (AvgIpc) is 3.13. The Balaban J connectivity index is 1.48. The number of benzene rings is 2. The third-order valence-electron chi connectivity index (χ3n) is 5.27. The van der Waals surface area contributed by atoms with Crippen molar-refractivity contribution in [2.24, 2.45) is 5.10 Å². The van der Waals surface area contributed by atoms with E-state index < -0.39 is 0 Å². The van der Waals surface area contributed by atoms with Crippen LogP contribution < -0.4 is 10.3 Å².